The van der Waals surface area contributed by atoms with Gasteiger partial charge in [0, 0.05) is 24.5 Å². The number of aromatic nitrogens is 2. The van der Waals surface area contributed by atoms with Gasteiger partial charge in [0.1, 0.15) is 0 Å². The third kappa shape index (κ3) is 2.93. The summed E-state index contributed by atoms with van der Waals surface area (Å²) in [6.45, 7) is 2.07. The number of anilines is 1. The van der Waals surface area contributed by atoms with Crippen molar-refractivity contribution in [3.63, 3.8) is 0 Å². The molecule has 0 aliphatic heterocycles. The molecule has 1 heterocycles. The summed E-state index contributed by atoms with van der Waals surface area (Å²) in [5.41, 5.74) is 2.06. The summed E-state index contributed by atoms with van der Waals surface area (Å²) in [6.07, 6.45) is 3.82. The number of aryl methyl sites for hydroxylation is 1. The number of benzene rings is 1. The van der Waals surface area contributed by atoms with Crippen LogP contribution in [0.1, 0.15) is 18.5 Å². The lowest BCUT2D eigenvalue weighted by Gasteiger charge is -2.14. The molecule has 1 N–H and O–H groups in total. The molecule has 90 valence electrons. The Kier molecular flexibility index (Phi) is 3.60. The molecule has 0 aliphatic carbocycles. The third-order valence-corrected chi connectivity index (χ3v) is 3.27. The molecule has 0 saturated carbocycles. The first-order valence-electron chi connectivity index (χ1n) is 5.26. The summed E-state index contributed by atoms with van der Waals surface area (Å²) in [7, 11) is 1.90. The molecule has 1 unspecified atom stereocenters. The second-order valence-electron chi connectivity index (χ2n) is 3.94. The SMILES string of the molecule is CC(Nc1ccc(Cl)c(Cl)c1)c1cnn(C)c1. The van der Waals surface area contributed by atoms with E-state index < -0.39 is 0 Å². The van der Waals surface area contributed by atoms with E-state index in [9.17, 15) is 0 Å². The first kappa shape index (κ1) is 12.3. The van der Waals surface area contributed by atoms with Crippen LogP contribution in [0.3, 0.4) is 0 Å². The van der Waals surface area contributed by atoms with Gasteiger partial charge in [0.05, 0.1) is 22.3 Å². The van der Waals surface area contributed by atoms with E-state index in [1.54, 1.807) is 10.7 Å². The van der Waals surface area contributed by atoms with Crippen LogP contribution in [0, 0.1) is 0 Å². The van der Waals surface area contributed by atoms with Crippen molar-refractivity contribution in [3.05, 3.63) is 46.2 Å². The number of nitrogens with one attached hydrogen (secondary N) is 1. The van der Waals surface area contributed by atoms with Gasteiger partial charge in [0.15, 0.2) is 0 Å². The van der Waals surface area contributed by atoms with Gasteiger partial charge in [-0.2, -0.15) is 5.10 Å². The number of nitrogens with zero attached hydrogens (tertiary/aromatic N) is 2. The Morgan fingerprint density at radius 1 is 1.29 bits per heavy atom. The van der Waals surface area contributed by atoms with Crippen molar-refractivity contribution in [1.82, 2.24) is 9.78 Å². The maximum atomic E-state index is 5.96. The molecular formula is C12H13Cl2N3. The van der Waals surface area contributed by atoms with Gasteiger partial charge in [-0.1, -0.05) is 23.2 Å². The van der Waals surface area contributed by atoms with Crippen LogP contribution in [0.5, 0.6) is 0 Å². The second-order valence-corrected chi connectivity index (χ2v) is 4.76. The van der Waals surface area contributed by atoms with E-state index in [4.69, 9.17) is 23.2 Å². The zero-order valence-corrected chi connectivity index (χ0v) is 11.1. The van der Waals surface area contributed by atoms with Crippen LogP contribution in [0.4, 0.5) is 5.69 Å². The van der Waals surface area contributed by atoms with Gasteiger partial charge in [-0.3, -0.25) is 4.68 Å². The monoisotopic (exact) mass is 269 g/mol. The van der Waals surface area contributed by atoms with E-state index in [-0.39, 0.29) is 6.04 Å². The van der Waals surface area contributed by atoms with Crippen LogP contribution in [-0.4, -0.2) is 9.78 Å². The number of halogens is 2. The maximum Gasteiger partial charge on any atom is 0.0612 e. The molecule has 0 aliphatic rings. The summed E-state index contributed by atoms with van der Waals surface area (Å²) >= 11 is 11.8. The van der Waals surface area contributed by atoms with Gasteiger partial charge in [-0.15, -0.1) is 0 Å². The first-order valence-corrected chi connectivity index (χ1v) is 6.02. The average Bonchev–Trinajstić information content (AvgIpc) is 2.70. The van der Waals surface area contributed by atoms with Gasteiger partial charge in [-0.25, -0.2) is 0 Å². The fraction of sp³-hybridized carbons (Fsp3) is 0.250. The van der Waals surface area contributed by atoms with Crippen molar-refractivity contribution < 1.29 is 0 Å². The quantitative estimate of drug-likeness (QED) is 0.916. The van der Waals surface area contributed by atoms with Crippen LogP contribution in [0.15, 0.2) is 30.6 Å². The lowest BCUT2D eigenvalue weighted by Crippen LogP contribution is -2.05. The molecule has 3 nitrogen and oxygen atoms in total. The zero-order valence-electron chi connectivity index (χ0n) is 9.61. The molecule has 5 heteroatoms. The van der Waals surface area contributed by atoms with Gasteiger partial charge in [0.25, 0.3) is 0 Å². The Balaban J connectivity index is 2.12. The van der Waals surface area contributed by atoms with Crippen molar-refractivity contribution in [2.75, 3.05) is 5.32 Å². The fourth-order valence-electron chi connectivity index (χ4n) is 1.58. The van der Waals surface area contributed by atoms with E-state index >= 15 is 0 Å². The lowest BCUT2D eigenvalue weighted by molar-refractivity contribution is 0.765. The van der Waals surface area contributed by atoms with E-state index in [1.165, 1.54) is 0 Å². The Labute approximate surface area is 110 Å². The molecule has 2 rings (SSSR count). The molecule has 1 aromatic heterocycles. The Bertz CT molecular complexity index is 522. The number of rotatable bonds is 3. The van der Waals surface area contributed by atoms with Crippen LogP contribution >= 0.6 is 23.2 Å². The van der Waals surface area contributed by atoms with Crippen LogP contribution in [0.25, 0.3) is 0 Å². The molecule has 17 heavy (non-hydrogen) atoms. The second kappa shape index (κ2) is 4.98. The molecule has 0 radical (unpaired) electrons. The topological polar surface area (TPSA) is 29.9 Å². The van der Waals surface area contributed by atoms with Crippen LogP contribution in [0.2, 0.25) is 10.0 Å². The highest BCUT2D eigenvalue weighted by atomic mass is 35.5. The smallest absolute Gasteiger partial charge is 0.0612 e. The summed E-state index contributed by atoms with van der Waals surface area (Å²) in [6, 6.07) is 5.67. The van der Waals surface area contributed by atoms with E-state index in [2.05, 4.69) is 17.3 Å². The average molecular weight is 270 g/mol. The molecule has 0 bridgehead atoms. The maximum absolute atomic E-state index is 5.96. The molecule has 1 aromatic carbocycles. The minimum absolute atomic E-state index is 0.168. The Morgan fingerprint density at radius 3 is 2.65 bits per heavy atom. The molecule has 0 amide bonds. The van der Waals surface area contributed by atoms with Crippen LogP contribution < -0.4 is 5.32 Å². The molecule has 1 atom stereocenters. The van der Waals surface area contributed by atoms with E-state index in [0.29, 0.717) is 10.0 Å². The van der Waals surface area contributed by atoms with Gasteiger partial charge < -0.3 is 5.32 Å². The van der Waals surface area contributed by atoms with Crippen LogP contribution in [-0.2, 0) is 7.05 Å². The van der Waals surface area contributed by atoms with Gasteiger partial charge in [0.2, 0.25) is 0 Å². The first-order chi connectivity index (χ1) is 8.06. The molecule has 0 spiro atoms. The normalized spacial score (nSPS) is 12.5. The fourth-order valence-corrected chi connectivity index (χ4v) is 1.88. The van der Waals surface area contributed by atoms with Gasteiger partial charge >= 0.3 is 0 Å². The minimum atomic E-state index is 0.168. The molecular weight excluding hydrogens is 257 g/mol. The highest BCUT2D eigenvalue weighted by Gasteiger charge is 2.08. The van der Waals surface area contributed by atoms with Crippen molar-refractivity contribution in [3.8, 4) is 0 Å². The standard InChI is InChI=1S/C12H13Cl2N3/c1-8(9-6-15-17(2)7-9)16-10-3-4-11(13)12(14)5-10/h3-8,16H,1-2H3. The summed E-state index contributed by atoms with van der Waals surface area (Å²) in [5, 5.41) is 8.60. The largest absolute Gasteiger partial charge is 0.378 e. The third-order valence-electron chi connectivity index (χ3n) is 2.53. The highest BCUT2D eigenvalue weighted by Crippen LogP contribution is 2.27. The molecule has 0 fully saturated rings. The summed E-state index contributed by atoms with van der Waals surface area (Å²) in [4.78, 5) is 0. The van der Waals surface area contributed by atoms with Crippen molar-refractivity contribution in [2.45, 2.75) is 13.0 Å². The summed E-state index contributed by atoms with van der Waals surface area (Å²) in [5.74, 6) is 0. The van der Waals surface area contributed by atoms with Crippen molar-refractivity contribution in [1.29, 1.82) is 0 Å². The van der Waals surface area contributed by atoms with Crippen molar-refractivity contribution in [2.24, 2.45) is 7.05 Å². The Hall–Kier alpha value is -1.19. The lowest BCUT2D eigenvalue weighted by atomic mass is 10.2. The summed E-state index contributed by atoms with van der Waals surface area (Å²) < 4.78 is 1.78. The molecule has 2 aromatic rings. The predicted molar refractivity (Wildman–Crippen MR) is 71.7 cm³/mol. The zero-order chi connectivity index (χ0) is 12.4. The van der Waals surface area contributed by atoms with E-state index in [0.717, 1.165) is 11.3 Å². The predicted octanol–water partition coefficient (Wildman–Crippen LogP) is 3.90. The highest BCUT2D eigenvalue weighted by molar-refractivity contribution is 6.42. The van der Waals surface area contributed by atoms with Crippen molar-refractivity contribution >= 4 is 28.9 Å². The number of hydrogen-bond acceptors (Lipinski definition) is 2. The Morgan fingerprint density at radius 2 is 2.06 bits per heavy atom. The minimum Gasteiger partial charge on any atom is -0.378 e. The molecule has 0 saturated heterocycles. The number of hydrogen-bond donors (Lipinski definition) is 1. The van der Waals surface area contributed by atoms with Gasteiger partial charge in [-0.05, 0) is 25.1 Å². The van der Waals surface area contributed by atoms with E-state index in [1.807, 2.05) is 31.6 Å².